The van der Waals surface area contributed by atoms with Crippen molar-refractivity contribution in [1.82, 2.24) is 24.8 Å². The molecule has 0 aliphatic heterocycles. The number of aromatic nitrogens is 4. The van der Waals surface area contributed by atoms with Gasteiger partial charge in [0.15, 0.2) is 0 Å². The fourth-order valence-electron chi connectivity index (χ4n) is 2.21. The van der Waals surface area contributed by atoms with Crippen molar-refractivity contribution in [1.29, 1.82) is 0 Å². The maximum atomic E-state index is 4.46. The minimum Gasteiger partial charge on any atom is -0.325 e. The van der Waals surface area contributed by atoms with Crippen LogP contribution in [0.4, 0.5) is 0 Å². The Balaban J connectivity index is 2.03. The van der Waals surface area contributed by atoms with Gasteiger partial charge in [-0.05, 0) is 30.8 Å². The molecule has 0 aliphatic rings. The zero-order chi connectivity index (χ0) is 13.1. The minimum atomic E-state index is 0.637. The summed E-state index contributed by atoms with van der Waals surface area (Å²) in [5, 5.41) is 4.35. The van der Waals surface area contributed by atoms with Crippen LogP contribution in [0.2, 0.25) is 0 Å². The third-order valence-electron chi connectivity index (χ3n) is 3.01. The van der Waals surface area contributed by atoms with Crippen molar-refractivity contribution in [2.24, 2.45) is 0 Å². The van der Waals surface area contributed by atoms with Crippen molar-refractivity contribution in [2.45, 2.75) is 13.1 Å². The van der Waals surface area contributed by atoms with Gasteiger partial charge in [-0.25, -0.2) is 15.0 Å². The van der Waals surface area contributed by atoms with Gasteiger partial charge in [0.05, 0.1) is 6.54 Å². The lowest BCUT2D eigenvalue weighted by atomic mass is 10.2. The topological polar surface area (TPSA) is 55.6 Å². The molecule has 0 saturated heterocycles. The molecule has 0 atom stereocenters. The van der Waals surface area contributed by atoms with E-state index in [1.807, 2.05) is 25.4 Å². The molecule has 3 rings (SSSR count). The van der Waals surface area contributed by atoms with Crippen LogP contribution in [0.3, 0.4) is 0 Å². The van der Waals surface area contributed by atoms with E-state index in [0.717, 1.165) is 18.0 Å². The largest absolute Gasteiger partial charge is 0.325 e. The number of fused-ring (bicyclic) bond motifs is 1. The van der Waals surface area contributed by atoms with Gasteiger partial charge in [-0.1, -0.05) is 0 Å². The van der Waals surface area contributed by atoms with E-state index in [1.54, 1.807) is 12.4 Å². The molecule has 5 heteroatoms. The van der Waals surface area contributed by atoms with Crippen LogP contribution in [0.5, 0.6) is 0 Å². The molecule has 0 spiro atoms. The normalized spacial score (nSPS) is 11.0. The summed E-state index contributed by atoms with van der Waals surface area (Å²) in [5.41, 5.74) is 2.21. The summed E-state index contributed by atoms with van der Waals surface area (Å²) in [4.78, 5) is 13.0. The van der Waals surface area contributed by atoms with Gasteiger partial charge in [0.25, 0.3) is 0 Å². The van der Waals surface area contributed by atoms with Gasteiger partial charge in [-0.15, -0.1) is 0 Å². The summed E-state index contributed by atoms with van der Waals surface area (Å²) in [6.45, 7) is 1.46. The quantitative estimate of drug-likeness (QED) is 0.767. The Morgan fingerprint density at radius 3 is 2.68 bits per heavy atom. The van der Waals surface area contributed by atoms with Crippen LogP contribution < -0.4 is 5.32 Å². The van der Waals surface area contributed by atoms with Crippen molar-refractivity contribution in [2.75, 3.05) is 7.05 Å². The number of hydrogen-bond acceptors (Lipinski definition) is 4. The summed E-state index contributed by atoms with van der Waals surface area (Å²) >= 11 is 0. The molecular formula is C14H15N5. The zero-order valence-electron chi connectivity index (χ0n) is 10.7. The first-order valence-corrected chi connectivity index (χ1v) is 6.21. The Bertz CT molecular complexity index is 675. The molecule has 0 amide bonds. The number of rotatable bonds is 4. The summed E-state index contributed by atoms with van der Waals surface area (Å²) < 4.78 is 2.09. The van der Waals surface area contributed by atoms with Crippen LogP contribution in [0.25, 0.3) is 11.0 Å². The highest BCUT2D eigenvalue weighted by Crippen LogP contribution is 2.19. The smallest absolute Gasteiger partial charge is 0.147 e. The molecule has 0 aromatic carbocycles. The summed E-state index contributed by atoms with van der Waals surface area (Å²) in [5.74, 6) is 0.793. The zero-order valence-corrected chi connectivity index (χ0v) is 10.7. The van der Waals surface area contributed by atoms with Crippen molar-refractivity contribution in [3.63, 3.8) is 0 Å². The van der Waals surface area contributed by atoms with Crippen LogP contribution in [0.1, 0.15) is 11.4 Å². The van der Waals surface area contributed by atoms with Crippen LogP contribution in [-0.4, -0.2) is 26.6 Å². The van der Waals surface area contributed by atoms with Gasteiger partial charge >= 0.3 is 0 Å². The predicted molar refractivity (Wildman–Crippen MR) is 73.6 cm³/mol. The van der Waals surface area contributed by atoms with Crippen molar-refractivity contribution >= 4 is 11.0 Å². The molecule has 3 aromatic rings. The highest BCUT2D eigenvalue weighted by molar-refractivity contribution is 5.80. The van der Waals surface area contributed by atoms with Gasteiger partial charge in [-0.3, -0.25) is 0 Å². The lowest BCUT2D eigenvalue weighted by Crippen LogP contribution is -2.05. The molecule has 0 fully saturated rings. The molecule has 0 saturated carbocycles. The lowest BCUT2D eigenvalue weighted by Gasteiger charge is -2.02. The molecule has 0 bridgehead atoms. The van der Waals surface area contributed by atoms with Gasteiger partial charge in [0.1, 0.15) is 11.5 Å². The number of nitrogens with zero attached hydrogens (tertiary/aromatic N) is 4. The van der Waals surface area contributed by atoms with Crippen molar-refractivity contribution < 1.29 is 0 Å². The van der Waals surface area contributed by atoms with E-state index in [-0.39, 0.29) is 0 Å². The average Bonchev–Trinajstić information content (AvgIpc) is 2.79. The molecule has 0 radical (unpaired) electrons. The number of pyridine rings is 1. The van der Waals surface area contributed by atoms with Crippen molar-refractivity contribution in [3.05, 3.63) is 54.4 Å². The highest BCUT2D eigenvalue weighted by Gasteiger charge is 2.09. The van der Waals surface area contributed by atoms with E-state index in [9.17, 15) is 0 Å². The second-order valence-electron chi connectivity index (χ2n) is 4.35. The maximum absolute atomic E-state index is 4.46. The monoisotopic (exact) mass is 253 g/mol. The first kappa shape index (κ1) is 11.8. The highest BCUT2D eigenvalue weighted by atomic mass is 15.1. The fraction of sp³-hybridized carbons (Fsp3) is 0.214. The predicted octanol–water partition coefficient (Wildman–Crippen LogP) is 1.59. The number of hydrogen-bond donors (Lipinski definition) is 1. The van der Waals surface area contributed by atoms with Crippen LogP contribution in [-0.2, 0) is 13.1 Å². The van der Waals surface area contributed by atoms with Crippen molar-refractivity contribution in [3.8, 4) is 0 Å². The van der Waals surface area contributed by atoms with E-state index in [0.29, 0.717) is 6.54 Å². The third kappa shape index (κ3) is 2.32. The lowest BCUT2D eigenvalue weighted by molar-refractivity contribution is 0.752. The summed E-state index contributed by atoms with van der Waals surface area (Å²) in [7, 11) is 1.94. The first-order valence-electron chi connectivity index (χ1n) is 6.21. The summed E-state index contributed by atoms with van der Waals surface area (Å²) in [6, 6.07) is 5.88. The van der Waals surface area contributed by atoms with E-state index in [4.69, 9.17) is 0 Å². The second kappa shape index (κ2) is 5.16. The van der Waals surface area contributed by atoms with Gasteiger partial charge in [-0.2, -0.15) is 0 Å². The Labute approximate surface area is 111 Å². The standard InChI is InChI=1S/C14H15N5/c1-15-8-11-9-19(10-13-16-6-3-7-17-13)14-12(11)4-2-5-18-14/h2-7,9,15H,8,10H2,1H3. The molecule has 0 aliphatic carbocycles. The first-order chi connectivity index (χ1) is 9.38. The fourth-order valence-corrected chi connectivity index (χ4v) is 2.21. The van der Waals surface area contributed by atoms with E-state index in [2.05, 4.69) is 37.1 Å². The second-order valence-corrected chi connectivity index (χ2v) is 4.35. The maximum Gasteiger partial charge on any atom is 0.147 e. The van der Waals surface area contributed by atoms with Crippen LogP contribution >= 0.6 is 0 Å². The van der Waals surface area contributed by atoms with Crippen LogP contribution in [0.15, 0.2) is 43.0 Å². The Hall–Kier alpha value is -2.27. The number of nitrogens with one attached hydrogen (secondary N) is 1. The van der Waals surface area contributed by atoms with Crippen LogP contribution in [0, 0.1) is 0 Å². The van der Waals surface area contributed by atoms with Gasteiger partial charge < -0.3 is 9.88 Å². The molecular weight excluding hydrogens is 238 g/mol. The molecule has 3 aromatic heterocycles. The Kier molecular flexibility index (Phi) is 3.20. The third-order valence-corrected chi connectivity index (χ3v) is 3.01. The molecule has 19 heavy (non-hydrogen) atoms. The molecule has 3 heterocycles. The van der Waals surface area contributed by atoms with E-state index >= 15 is 0 Å². The van der Waals surface area contributed by atoms with E-state index in [1.165, 1.54) is 10.9 Å². The summed E-state index contributed by atoms with van der Waals surface area (Å²) in [6.07, 6.45) is 7.45. The average molecular weight is 253 g/mol. The SMILES string of the molecule is CNCc1cn(Cc2ncccn2)c2ncccc12. The Morgan fingerprint density at radius 2 is 1.89 bits per heavy atom. The minimum absolute atomic E-state index is 0.637. The van der Waals surface area contributed by atoms with Gasteiger partial charge in [0.2, 0.25) is 0 Å². The molecule has 5 nitrogen and oxygen atoms in total. The molecule has 96 valence electrons. The van der Waals surface area contributed by atoms with E-state index < -0.39 is 0 Å². The molecule has 0 unspecified atom stereocenters. The molecule has 1 N–H and O–H groups in total. The van der Waals surface area contributed by atoms with Gasteiger partial charge in [0, 0.05) is 36.7 Å². The Morgan fingerprint density at radius 1 is 1.11 bits per heavy atom.